The van der Waals surface area contributed by atoms with Crippen molar-refractivity contribution in [2.24, 2.45) is 0 Å². The van der Waals surface area contributed by atoms with Crippen LogP contribution in [0.5, 0.6) is 0 Å². The Labute approximate surface area is 85.9 Å². The molecule has 0 radical (unpaired) electrons. The Morgan fingerprint density at radius 1 is 1.14 bits per heavy atom. The standard InChI is InChI=1S/C12H20O2/c1-10-9-12(11(2)14-10)7-5-3-4-6-8-13/h9,13H,3-8H2,1-2H3. The third-order valence-corrected chi connectivity index (χ3v) is 2.50. The van der Waals surface area contributed by atoms with E-state index in [2.05, 4.69) is 6.07 Å². The largest absolute Gasteiger partial charge is 0.466 e. The molecule has 14 heavy (non-hydrogen) atoms. The SMILES string of the molecule is Cc1cc(CCCCCCO)c(C)o1. The normalized spacial score (nSPS) is 10.8. The fourth-order valence-corrected chi connectivity index (χ4v) is 1.71. The van der Waals surface area contributed by atoms with Gasteiger partial charge in [-0.2, -0.15) is 0 Å². The number of furan rings is 1. The van der Waals surface area contributed by atoms with Crippen molar-refractivity contribution in [3.63, 3.8) is 0 Å². The summed E-state index contributed by atoms with van der Waals surface area (Å²) in [6.07, 6.45) is 5.56. The molecule has 0 saturated carbocycles. The van der Waals surface area contributed by atoms with Crippen LogP contribution in [0.2, 0.25) is 0 Å². The quantitative estimate of drug-likeness (QED) is 0.709. The van der Waals surface area contributed by atoms with Gasteiger partial charge >= 0.3 is 0 Å². The number of aliphatic hydroxyl groups is 1. The maximum Gasteiger partial charge on any atom is 0.104 e. The minimum Gasteiger partial charge on any atom is -0.466 e. The predicted octanol–water partition coefficient (Wildman–Crippen LogP) is 2.99. The molecule has 2 nitrogen and oxygen atoms in total. The molecule has 1 heterocycles. The van der Waals surface area contributed by atoms with E-state index in [1.165, 1.54) is 18.4 Å². The molecule has 0 bridgehead atoms. The zero-order valence-electron chi connectivity index (χ0n) is 9.18. The van der Waals surface area contributed by atoms with Crippen LogP contribution in [-0.4, -0.2) is 11.7 Å². The van der Waals surface area contributed by atoms with Crippen LogP contribution in [0, 0.1) is 13.8 Å². The van der Waals surface area contributed by atoms with E-state index in [9.17, 15) is 0 Å². The Morgan fingerprint density at radius 3 is 2.43 bits per heavy atom. The van der Waals surface area contributed by atoms with E-state index in [1.807, 2.05) is 13.8 Å². The molecule has 1 N–H and O–H groups in total. The van der Waals surface area contributed by atoms with Crippen molar-refractivity contribution in [2.75, 3.05) is 6.61 Å². The first kappa shape index (κ1) is 11.3. The van der Waals surface area contributed by atoms with Crippen LogP contribution in [-0.2, 0) is 6.42 Å². The average Bonchev–Trinajstić information content (AvgIpc) is 2.45. The fraction of sp³-hybridized carbons (Fsp3) is 0.667. The first-order valence-corrected chi connectivity index (χ1v) is 5.41. The summed E-state index contributed by atoms with van der Waals surface area (Å²) >= 11 is 0. The molecule has 0 fully saturated rings. The minimum absolute atomic E-state index is 0.323. The van der Waals surface area contributed by atoms with Crippen molar-refractivity contribution in [1.29, 1.82) is 0 Å². The summed E-state index contributed by atoms with van der Waals surface area (Å²) in [7, 11) is 0. The van der Waals surface area contributed by atoms with Crippen molar-refractivity contribution in [3.05, 3.63) is 23.2 Å². The number of unbranched alkanes of at least 4 members (excludes halogenated alkanes) is 3. The summed E-state index contributed by atoms with van der Waals surface area (Å²) in [6, 6.07) is 2.13. The van der Waals surface area contributed by atoms with E-state index in [1.54, 1.807) is 0 Å². The van der Waals surface area contributed by atoms with Crippen LogP contribution in [0.15, 0.2) is 10.5 Å². The molecule has 1 aromatic heterocycles. The molecular formula is C12H20O2. The predicted molar refractivity (Wildman–Crippen MR) is 57.4 cm³/mol. The van der Waals surface area contributed by atoms with Crippen molar-refractivity contribution in [1.82, 2.24) is 0 Å². The van der Waals surface area contributed by atoms with Crippen molar-refractivity contribution in [2.45, 2.75) is 46.0 Å². The van der Waals surface area contributed by atoms with Crippen LogP contribution in [0.25, 0.3) is 0 Å². The van der Waals surface area contributed by atoms with Gasteiger partial charge in [-0.05, 0) is 44.7 Å². The summed E-state index contributed by atoms with van der Waals surface area (Å²) in [5, 5.41) is 8.62. The molecule has 0 saturated heterocycles. The number of aliphatic hydroxyl groups excluding tert-OH is 1. The summed E-state index contributed by atoms with van der Waals surface area (Å²) in [4.78, 5) is 0. The van der Waals surface area contributed by atoms with Gasteiger partial charge in [0.1, 0.15) is 11.5 Å². The average molecular weight is 196 g/mol. The van der Waals surface area contributed by atoms with Crippen LogP contribution < -0.4 is 0 Å². The van der Waals surface area contributed by atoms with Gasteiger partial charge in [-0.3, -0.25) is 0 Å². The Kier molecular flexibility index (Phi) is 4.74. The van der Waals surface area contributed by atoms with Gasteiger partial charge in [0.25, 0.3) is 0 Å². The van der Waals surface area contributed by atoms with Crippen molar-refractivity contribution < 1.29 is 9.52 Å². The van der Waals surface area contributed by atoms with Gasteiger partial charge in [0.2, 0.25) is 0 Å². The van der Waals surface area contributed by atoms with Crippen LogP contribution in [0.1, 0.15) is 42.8 Å². The van der Waals surface area contributed by atoms with E-state index in [0.717, 1.165) is 30.8 Å². The van der Waals surface area contributed by atoms with Gasteiger partial charge in [-0.15, -0.1) is 0 Å². The molecule has 0 aliphatic heterocycles. The molecule has 0 aliphatic rings. The van der Waals surface area contributed by atoms with Gasteiger partial charge in [0.15, 0.2) is 0 Å². The minimum atomic E-state index is 0.323. The molecule has 2 heteroatoms. The Balaban J connectivity index is 2.21. The second-order valence-corrected chi connectivity index (χ2v) is 3.83. The zero-order chi connectivity index (χ0) is 10.4. The third kappa shape index (κ3) is 3.54. The summed E-state index contributed by atoms with van der Waals surface area (Å²) in [5.41, 5.74) is 1.34. The lowest BCUT2D eigenvalue weighted by Gasteiger charge is -1.99. The topological polar surface area (TPSA) is 33.4 Å². The highest BCUT2D eigenvalue weighted by Gasteiger charge is 2.03. The Hall–Kier alpha value is -0.760. The molecule has 80 valence electrons. The van der Waals surface area contributed by atoms with Crippen molar-refractivity contribution >= 4 is 0 Å². The lowest BCUT2D eigenvalue weighted by molar-refractivity contribution is 0.282. The summed E-state index contributed by atoms with van der Waals surface area (Å²) < 4.78 is 5.45. The molecule has 1 aromatic rings. The number of hydrogen-bond donors (Lipinski definition) is 1. The fourth-order valence-electron chi connectivity index (χ4n) is 1.71. The van der Waals surface area contributed by atoms with Gasteiger partial charge in [-0.1, -0.05) is 12.8 Å². The lowest BCUT2D eigenvalue weighted by Crippen LogP contribution is -1.87. The molecule has 0 amide bonds. The Morgan fingerprint density at radius 2 is 1.86 bits per heavy atom. The number of aryl methyl sites for hydroxylation is 3. The van der Waals surface area contributed by atoms with E-state index < -0.39 is 0 Å². The second-order valence-electron chi connectivity index (χ2n) is 3.83. The number of hydrogen-bond acceptors (Lipinski definition) is 2. The zero-order valence-corrected chi connectivity index (χ0v) is 9.18. The molecular weight excluding hydrogens is 176 g/mol. The van der Waals surface area contributed by atoms with Gasteiger partial charge < -0.3 is 9.52 Å². The van der Waals surface area contributed by atoms with Crippen molar-refractivity contribution in [3.8, 4) is 0 Å². The second kappa shape index (κ2) is 5.86. The maximum absolute atomic E-state index is 8.62. The molecule has 0 atom stereocenters. The highest BCUT2D eigenvalue weighted by molar-refractivity contribution is 5.19. The highest BCUT2D eigenvalue weighted by atomic mass is 16.3. The lowest BCUT2D eigenvalue weighted by atomic mass is 10.1. The highest BCUT2D eigenvalue weighted by Crippen LogP contribution is 2.16. The number of rotatable bonds is 6. The maximum atomic E-state index is 8.62. The summed E-state index contributed by atoms with van der Waals surface area (Å²) in [6.45, 7) is 4.34. The first-order chi connectivity index (χ1) is 6.74. The van der Waals surface area contributed by atoms with E-state index in [-0.39, 0.29) is 0 Å². The van der Waals surface area contributed by atoms with Gasteiger partial charge in [-0.25, -0.2) is 0 Å². The van der Waals surface area contributed by atoms with E-state index in [4.69, 9.17) is 9.52 Å². The smallest absolute Gasteiger partial charge is 0.104 e. The monoisotopic (exact) mass is 196 g/mol. The third-order valence-electron chi connectivity index (χ3n) is 2.50. The Bertz CT molecular complexity index is 263. The molecule has 1 rings (SSSR count). The molecule has 0 unspecified atom stereocenters. The van der Waals surface area contributed by atoms with E-state index in [0.29, 0.717) is 6.61 Å². The first-order valence-electron chi connectivity index (χ1n) is 5.41. The summed E-state index contributed by atoms with van der Waals surface area (Å²) in [5.74, 6) is 2.07. The van der Waals surface area contributed by atoms with Gasteiger partial charge in [0, 0.05) is 6.61 Å². The van der Waals surface area contributed by atoms with Crippen LogP contribution in [0.4, 0.5) is 0 Å². The van der Waals surface area contributed by atoms with Crippen LogP contribution in [0.3, 0.4) is 0 Å². The van der Waals surface area contributed by atoms with Crippen LogP contribution >= 0.6 is 0 Å². The van der Waals surface area contributed by atoms with Gasteiger partial charge in [0.05, 0.1) is 0 Å². The molecule has 0 spiro atoms. The molecule has 0 aromatic carbocycles. The molecule has 0 aliphatic carbocycles. The van der Waals surface area contributed by atoms with E-state index >= 15 is 0 Å².